The zero-order valence-corrected chi connectivity index (χ0v) is 15.3. The first-order valence-electron chi connectivity index (χ1n) is 6.28. The average molecular weight is 399 g/mol. The molecule has 1 N–H and O–H groups in total. The molecule has 0 radical (unpaired) electrons. The standard InChI is InChI=1S/C12H19BrN2O4S2/c1-4-21(18,19)14-7-8-15(20(3,16)17)12-6-5-11(13)9-10(12)2/h5-6,9,14H,4,7-8H2,1-3H3. The van der Waals surface area contributed by atoms with E-state index in [2.05, 4.69) is 20.7 Å². The lowest BCUT2D eigenvalue weighted by Crippen LogP contribution is -2.38. The predicted octanol–water partition coefficient (Wildman–Crippen LogP) is 1.46. The third-order valence-corrected chi connectivity index (χ3v) is 5.92. The molecule has 0 aliphatic heterocycles. The molecule has 1 rings (SSSR count). The van der Waals surface area contributed by atoms with Gasteiger partial charge in [0.05, 0.1) is 17.7 Å². The molecule has 9 heteroatoms. The highest BCUT2D eigenvalue weighted by molar-refractivity contribution is 9.10. The lowest BCUT2D eigenvalue weighted by atomic mass is 10.2. The molecule has 0 unspecified atom stereocenters. The van der Waals surface area contributed by atoms with Gasteiger partial charge in [-0.05, 0) is 37.6 Å². The zero-order chi connectivity index (χ0) is 16.3. The van der Waals surface area contributed by atoms with E-state index in [1.165, 1.54) is 11.2 Å². The Hall–Kier alpha value is -0.640. The summed E-state index contributed by atoms with van der Waals surface area (Å²) in [4.78, 5) is 0. The maximum atomic E-state index is 11.9. The molecule has 0 atom stereocenters. The van der Waals surface area contributed by atoms with Gasteiger partial charge in [-0.15, -0.1) is 0 Å². The van der Waals surface area contributed by atoms with Crippen molar-refractivity contribution in [2.75, 3.05) is 29.4 Å². The molecule has 0 saturated carbocycles. The van der Waals surface area contributed by atoms with Crippen molar-refractivity contribution in [1.82, 2.24) is 4.72 Å². The summed E-state index contributed by atoms with van der Waals surface area (Å²) >= 11 is 3.32. The average Bonchev–Trinajstić information content (AvgIpc) is 2.34. The minimum absolute atomic E-state index is 0.0265. The van der Waals surface area contributed by atoms with Gasteiger partial charge in [0.1, 0.15) is 0 Å². The Morgan fingerprint density at radius 2 is 1.86 bits per heavy atom. The van der Waals surface area contributed by atoms with Gasteiger partial charge in [-0.2, -0.15) is 0 Å². The van der Waals surface area contributed by atoms with Gasteiger partial charge >= 0.3 is 0 Å². The van der Waals surface area contributed by atoms with Gasteiger partial charge in [-0.3, -0.25) is 4.31 Å². The van der Waals surface area contributed by atoms with Crippen LogP contribution in [0.2, 0.25) is 0 Å². The fraction of sp³-hybridized carbons (Fsp3) is 0.500. The Bertz CT molecular complexity index is 702. The van der Waals surface area contributed by atoms with E-state index in [1.807, 2.05) is 6.07 Å². The smallest absolute Gasteiger partial charge is 0.232 e. The highest BCUT2D eigenvalue weighted by Gasteiger charge is 2.19. The molecular formula is C12H19BrN2O4S2. The second kappa shape index (κ2) is 7.08. The van der Waals surface area contributed by atoms with E-state index >= 15 is 0 Å². The van der Waals surface area contributed by atoms with E-state index < -0.39 is 20.0 Å². The number of halogens is 1. The van der Waals surface area contributed by atoms with Crippen LogP contribution < -0.4 is 9.03 Å². The van der Waals surface area contributed by atoms with Crippen LogP contribution in [-0.4, -0.2) is 41.9 Å². The molecule has 120 valence electrons. The Morgan fingerprint density at radius 3 is 2.33 bits per heavy atom. The number of benzene rings is 1. The number of aryl methyl sites for hydroxylation is 1. The van der Waals surface area contributed by atoms with E-state index in [0.717, 1.165) is 16.3 Å². The van der Waals surface area contributed by atoms with Crippen molar-refractivity contribution >= 4 is 41.7 Å². The molecule has 0 aliphatic rings. The fourth-order valence-electron chi connectivity index (χ4n) is 1.77. The molecule has 0 spiro atoms. The maximum absolute atomic E-state index is 11.9. The molecule has 1 aromatic carbocycles. The van der Waals surface area contributed by atoms with Gasteiger partial charge < -0.3 is 0 Å². The van der Waals surface area contributed by atoms with Gasteiger partial charge in [-0.1, -0.05) is 15.9 Å². The quantitative estimate of drug-likeness (QED) is 0.753. The number of anilines is 1. The summed E-state index contributed by atoms with van der Waals surface area (Å²) in [5.41, 5.74) is 1.32. The van der Waals surface area contributed by atoms with Gasteiger partial charge in [0.2, 0.25) is 20.0 Å². The molecule has 0 fully saturated rings. The van der Waals surface area contributed by atoms with Crippen LogP contribution in [0, 0.1) is 6.92 Å². The maximum Gasteiger partial charge on any atom is 0.232 e. The number of hydrogen-bond donors (Lipinski definition) is 1. The largest absolute Gasteiger partial charge is 0.269 e. The summed E-state index contributed by atoms with van der Waals surface area (Å²) < 4.78 is 51.1. The number of nitrogens with one attached hydrogen (secondary N) is 1. The Balaban J connectivity index is 2.98. The molecule has 1 aromatic rings. The normalized spacial score (nSPS) is 12.4. The van der Waals surface area contributed by atoms with E-state index in [-0.39, 0.29) is 18.8 Å². The second-order valence-corrected chi connectivity index (χ2v) is 9.48. The van der Waals surface area contributed by atoms with Crippen molar-refractivity contribution < 1.29 is 16.8 Å². The molecule has 0 bridgehead atoms. The van der Waals surface area contributed by atoms with Crippen LogP contribution in [0.15, 0.2) is 22.7 Å². The van der Waals surface area contributed by atoms with Gasteiger partial charge in [0, 0.05) is 17.6 Å². The Morgan fingerprint density at radius 1 is 1.24 bits per heavy atom. The van der Waals surface area contributed by atoms with Crippen molar-refractivity contribution in [1.29, 1.82) is 0 Å². The van der Waals surface area contributed by atoms with Crippen LogP contribution in [0.25, 0.3) is 0 Å². The summed E-state index contributed by atoms with van der Waals surface area (Å²) in [5.74, 6) is -0.0385. The van der Waals surface area contributed by atoms with Crippen molar-refractivity contribution in [3.63, 3.8) is 0 Å². The van der Waals surface area contributed by atoms with E-state index in [9.17, 15) is 16.8 Å². The summed E-state index contributed by atoms with van der Waals surface area (Å²) in [6.45, 7) is 3.39. The predicted molar refractivity (Wildman–Crippen MR) is 88.5 cm³/mol. The van der Waals surface area contributed by atoms with Crippen molar-refractivity contribution in [3.8, 4) is 0 Å². The second-order valence-electron chi connectivity index (χ2n) is 4.56. The Labute approximate surface area is 134 Å². The SMILES string of the molecule is CCS(=O)(=O)NCCN(c1ccc(Br)cc1C)S(C)(=O)=O. The van der Waals surface area contributed by atoms with Crippen LogP contribution in [0.3, 0.4) is 0 Å². The molecule has 6 nitrogen and oxygen atoms in total. The summed E-state index contributed by atoms with van der Waals surface area (Å²) in [5, 5.41) is 0. The van der Waals surface area contributed by atoms with Gasteiger partial charge in [-0.25, -0.2) is 21.6 Å². The van der Waals surface area contributed by atoms with Crippen molar-refractivity contribution in [3.05, 3.63) is 28.2 Å². The number of nitrogens with zero attached hydrogens (tertiary/aromatic N) is 1. The van der Waals surface area contributed by atoms with Crippen LogP contribution in [-0.2, 0) is 20.0 Å². The fourth-order valence-corrected chi connectivity index (χ4v) is 3.84. The topological polar surface area (TPSA) is 83.6 Å². The number of sulfonamides is 2. The first-order valence-corrected chi connectivity index (χ1v) is 10.6. The molecule has 0 aromatic heterocycles. The molecule has 0 aliphatic carbocycles. The first kappa shape index (κ1) is 18.4. The van der Waals surface area contributed by atoms with Crippen LogP contribution in [0.1, 0.15) is 12.5 Å². The first-order chi connectivity index (χ1) is 9.57. The molecule has 21 heavy (non-hydrogen) atoms. The van der Waals surface area contributed by atoms with Gasteiger partial charge in [0.25, 0.3) is 0 Å². The molecule has 0 saturated heterocycles. The minimum Gasteiger partial charge on any atom is -0.269 e. The zero-order valence-electron chi connectivity index (χ0n) is 12.1. The molecule has 0 amide bonds. The third-order valence-electron chi connectivity index (χ3n) is 2.84. The molecule has 0 heterocycles. The summed E-state index contributed by atoms with van der Waals surface area (Å²) in [6, 6.07) is 5.25. The van der Waals surface area contributed by atoms with E-state index in [4.69, 9.17) is 0 Å². The lowest BCUT2D eigenvalue weighted by Gasteiger charge is -2.24. The van der Waals surface area contributed by atoms with Crippen LogP contribution in [0.4, 0.5) is 5.69 Å². The highest BCUT2D eigenvalue weighted by Crippen LogP contribution is 2.25. The third kappa shape index (κ3) is 5.57. The lowest BCUT2D eigenvalue weighted by molar-refractivity contribution is 0.579. The van der Waals surface area contributed by atoms with Crippen molar-refractivity contribution in [2.45, 2.75) is 13.8 Å². The monoisotopic (exact) mass is 398 g/mol. The van der Waals surface area contributed by atoms with E-state index in [0.29, 0.717) is 5.69 Å². The minimum atomic E-state index is -3.49. The number of hydrogen-bond acceptors (Lipinski definition) is 4. The van der Waals surface area contributed by atoms with Gasteiger partial charge in [0.15, 0.2) is 0 Å². The van der Waals surface area contributed by atoms with E-state index in [1.54, 1.807) is 19.1 Å². The van der Waals surface area contributed by atoms with Crippen LogP contribution in [0.5, 0.6) is 0 Å². The number of rotatable bonds is 7. The van der Waals surface area contributed by atoms with Crippen LogP contribution >= 0.6 is 15.9 Å². The van der Waals surface area contributed by atoms with Crippen molar-refractivity contribution in [2.24, 2.45) is 0 Å². The Kier molecular flexibility index (Phi) is 6.21. The molecular weight excluding hydrogens is 380 g/mol. The summed E-state index contributed by atoms with van der Waals surface area (Å²) in [7, 11) is -6.83. The summed E-state index contributed by atoms with van der Waals surface area (Å²) in [6.07, 6.45) is 1.10. The highest BCUT2D eigenvalue weighted by atomic mass is 79.9.